The Hall–Kier alpha value is -4.00. The Morgan fingerprint density at radius 2 is 1.31 bits per heavy atom. The van der Waals surface area contributed by atoms with E-state index in [2.05, 4.69) is 16.3 Å². The number of rotatable bonds is 3. The molecule has 0 aliphatic heterocycles. The fourth-order valence-electron chi connectivity index (χ4n) is 3.34. The fourth-order valence-corrected chi connectivity index (χ4v) is 3.34. The topological polar surface area (TPSA) is 88.9 Å². The molecule has 0 saturated heterocycles. The molecule has 144 valence electrons. The molecule has 0 atom stereocenters. The molecule has 0 bridgehead atoms. The summed E-state index contributed by atoms with van der Waals surface area (Å²) in [6, 6.07) is 18.1. The molecular formula is C22H18N4O3. The van der Waals surface area contributed by atoms with E-state index in [-0.39, 0.29) is 5.56 Å². The van der Waals surface area contributed by atoms with Gasteiger partial charge in [-0.25, -0.2) is 4.79 Å². The van der Waals surface area contributed by atoms with E-state index in [9.17, 15) is 14.7 Å². The standard InChI is InChI=1S/C22H18N4O3/c1-25-20(27)19(21(28)26(2)22(25)29)13-24-23-12-18-16-9-5-3-7-14(16)11-15-8-4-6-10-17(15)18/h3-13,27H,1-2H3/b23-12-,24-13-. The smallest absolute Gasteiger partial charge is 0.333 e. The fraction of sp³-hybridized carbons (Fsp3) is 0.0909. The van der Waals surface area contributed by atoms with Gasteiger partial charge in [0.1, 0.15) is 5.56 Å². The Bertz CT molecular complexity index is 1370. The van der Waals surface area contributed by atoms with Crippen LogP contribution in [0, 0.1) is 0 Å². The summed E-state index contributed by atoms with van der Waals surface area (Å²) >= 11 is 0. The first-order valence-corrected chi connectivity index (χ1v) is 8.95. The van der Waals surface area contributed by atoms with E-state index in [0.29, 0.717) is 0 Å². The number of fused-ring (bicyclic) bond motifs is 2. The predicted molar refractivity (Wildman–Crippen MR) is 115 cm³/mol. The molecular weight excluding hydrogens is 368 g/mol. The van der Waals surface area contributed by atoms with Crippen molar-refractivity contribution >= 4 is 34.0 Å². The molecule has 0 aliphatic carbocycles. The molecule has 0 spiro atoms. The lowest BCUT2D eigenvalue weighted by Gasteiger charge is -2.07. The molecule has 7 nitrogen and oxygen atoms in total. The molecule has 0 saturated carbocycles. The summed E-state index contributed by atoms with van der Waals surface area (Å²) in [5.74, 6) is -0.451. The van der Waals surface area contributed by atoms with Crippen molar-refractivity contribution in [2.45, 2.75) is 0 Å². The predicted octanol–water partition coefficient (Wildman–Crippen LogP) is 2.55. The van der Waals surface area contributed by atoms with Crippen LogP contribution in [-0.4, -0.2) is 26.7 Å². The molecule has 0 unspecified atom stereocenters. The summed E-state index contributed by atoms with van der Waals surface area (Å²) in [5.41, 5.74) is -0.446. The van der Waals surface area contributed by atoms with Crippen molar-refractivity contribution < 1.29 is 5.11 Å². The largest absolute Gasteiger partial charge is 0.494 e. The summed E-state index contributed by atoms with van der Waals surface area (Å²) in [5, 5.41) is 22.4. The highest BCUT2D eigenvalue weighted by Crippen LogP contribution is 2.27. The van der Waals surface area contributed by atoms with Crippen LogP contribution in [0.5, 0.6) is 5.88 Å². The summed E-state index contributed by atoms with van der Waals surface area (Å²) in [7, 11) is 2.72. The molecule has 4 aromatic rings. The number of nitrogens with zero attached hydrogens (tertiary/aromatic N) is 4. The monoisotopic (exact) mass is 386 g/mol. The lowest BCUT2D eigenvalue weighted by Crippen LogP contribution is -2.38. The first kappa shape index (κ1) is 18.4. The molecule has 0 fully saturated rings. The van der Waals surface area contributed by atoms with Gasteiger partial charge in [-0.05, 0) is 27.6 Å². The molecule has 29 heavy (non-hydrogen) atoms. The highest BCUT2D eigenvalue weighted by atomic mass is 16.3. The average molecular weight is 386 g/mol. The van der Waals surface area contributed by atoms with Crippen molar-refractivity contribution in [3.05, 3.63) is 86.6 Å². The second kappa shape index (κ2) is 7.20. The molecule has 3 aromatic carbocycles. The minimum Gasteiger partial charge on any atom is -0.494 e. The second-order valence-electron chi connectivity index (χ2n) is 6.66. The van der Waals surface area contributed by atoms with E-state index in [4.69, 9.17) is 0 Å². The van der Waals surface area contributed by atoms with Gasteiger partial charge in [-0.3, -0.25) is 13.9 Å². The van der Waals surface area contributed by atoms with E-state index < -0.39 is 17.1 Å². The minimum atomic E-state index is -0.639. The summed E-state index contributed by atoms with van der Waals surface area (Å²) in [6.45, 7) is 0. The lowest BCUT2D eigenvalue weighted by atomic mass is 9.97. The highest BCUT2D eigenvalue weighted by molar-refractivity contribution is 6.13. The first-order valence-electron chi connectivity index (χ1n) is 8.95. The third-order valence-electron chi connectivity index (χ3n) is 4.92. The van der Waals surface area contributed by atoms with Crippen LogP contribution in [0.1, 0.15) is 11.1 Å². The summed E-state index contributed by atoms with van der Waals surface area (Å²) in [4.78, 5) is 24.0. The van der Waals surface area contributed by atoms with Crippen molar-refractivity contribution in [1.82, 2.24) is 9.13 Å². The zero-order valence-electron chi connectivity index (χ0n) is 15.9. The highest BCUT2D eigenvalue weighted by Gasteiger charge is 2.12. The molecule has 4 rings (SSSR count). The minimum absolute atomic E-state index is 0.102. The van der Waals surface area contributed by atoms with Crippen LogP contribution < -0.4 is 11.2 Å². The normalized spacial score (nSPS) is 11.9. The van der Waals surface area contributed by atoms with Gasteiger partial charge in [0.2, 0.25) is 5.88 Å². The van der Waals surface area contributed by atoms with Crippen LogP contribution in [0.4, 0.5) is 0 Å². The van der Waals surface area contributed by atoms with E-state index in [0.717, 1.165) is 42.5 Å². The third-order valence-corrected chi connectivity index (χ3v) is 4.92. The Morgan fingerprint density at radius 1 is 0.793 bits per heavy atom. The van der Waals surface area contributed by atoms with Gasteiger partial charge < -0.3 is 5.11 Å². The SMILES string of the molecule is Cn1c(O)c(/C=N\N=C/c2c3ccccc3cc3ccccc23)c(=O)n(C)c1=O. The molecule has 1 N–H and O–H groups in total. The van der Waals surface area contributed by atoms with Crippen molar-refractivity contribution in [2.75, 3.05) is 0 Å². The van der Waals surface area contributed by atoms with Gasteiger partial charge in [-0.2, -0.15) is 10.2 Å². The van der Waals surface area contributed by atoms with E-state index in [1.807, 2.05) is 48.5 Å². The Morgan fingerprint density at radius 3 is 1.90 bits per heavy atom. The molecule has 1 aromatic heterocycles. The van der Waals surface area contributed by atoms with E-state index >= 15 is 0 Å². The first-order chi connectivity index (χ1) is 14.0. The number of benzene rings is 3. The molecule has 0 radical (unpaired) electrons. The van der Waals surface area contributed by atoms with Crippen molar-refractivity contribution in [3.63, 3.8) is 0 Å². The number of hydrogen-bond acceptors (Lipinski definition) is 5. The summed E-state index contributed by atoms with van der Waals surface area (Å²) in [6.07, 6.45) is 2.78. The molecule has 0 amide bonds. The van der Waals surface area contributed by atoms with Crippen LogP contribution in [-0.2, 0) is 14.1 Å². The maximum Gasteiger partial charge on any atom is 0.333 e. The number of aromatic nitrogens is 2. The maximum atomic E-state index is 12.2. The van der Waals surface area contributed by atoms with Crippen LogP contribution in [0.3, 0.4) is 0 Å². The van der Waals surface area contributed by atoms with Crippen molar-refractivity contribution in [1.29, 1.82) is 0 Å². The van der Waals surface area contributed by atoms with Gasteiger partial charge in [0, 0.05) is 19.7 Å². The average Bonchev–Trinajstić information content (AvgIpc) is 2.75. The van der Waals surface area contributed by atoms with Crippen molar-refractivity contribution in [3.8, 4) is 5.88 Å². The second-order valence-corrected chi connectivity index (χ2v) is 6.66. The van der Waals surface area contributed by atoms with Crippen molar-refractivity contribution in [2.24, 2.45) is 24.3 Å². The maximum absolute atomic E-state index is 12.2. The Balaban J connectivity index is 1.81. The van der Waals surface area contributed by atoms with Crippen LogP contribution in [0.15, 0.2) is 74.4 Å². The molecule has 1 heterocycles. The van der Waals surface area contributed by atoms with Gasteiger partial charge in [0.05, 0.1) is 12.4 Å². The zero-order chi connectivity index (χ0) is 20.5. The van der Waals surface area contributed by atoms with Crippen LogP contribution in [0.25, 0.3) is 21.5 Å². The quantitative estimate of drug-likeness (QED) is 0.333. The van der Waals surface area contributed by atoms with E-state index in [1.54, 1.807) is 6.21 Å². The lowest BCUT2D eigenvalue weighted by molar-refractivity contribution is 0.410. The summed E-state index contributed by atoms with van der Waals surface area (Å²) < 4.78 is 1.88. The number of hydrogen-bond donors (Lipinski definition) is 1. The number of aromatic hydroxyl groups is 1. The van der Waals surface area contributed by atoms with Gasteiger partial charge in [-0.15, -0.1) is 0 Å². The van der Waals surface area contributed by atoms with Gasteiger partial charge in [0.25, 0.3) is 5.56 Å². The Kier molecular flexibility index (Phi) is 4.56. The van der Waals surface area contributed by atoms with Gasteiger partial charge in [-0.1, -0.05) is 48.5 Å². The Labute approximate surface area is 165 Å². The third kappa shape index (κ3) is 3.12. The zero-order valence-corrected chi connectivity index (χ0v) is 15.9. The molecule has 0 aliphatic rings. The molecule has 7 heteroatoms. The van der Waals surface area contributed by atoms with Gasteiger partial charge >= 0.3 is 5.69 Å². The van der Waals surface area contributed by atoms with E-state index in [1.165, 1.54) is 14.1 Å². The van der Waals surface area contributed by atoms with Crippen LogP contribution >= 0.6 is 0 Å². The van der Waals surface area contributed by atoms with Crippen LogP contribution in [0.2, 0.25) is 0 Å². The van der Waals surface area contributed by atoms with Gasteiger partial charge in [0.15, 0.2) is 0 Å².